The first-order chi connectivity index (χ1) is 7.11. The van der Waals surface area contributed by atoms with E-state index in [0.29, 0.717) is 22.2 Å². The molecule has 0 aliphatic rings. The lowest BCUT2D eigenvalue weighted by Gasteiger charge is -2.21. The Bertz CT molecular complexity index is 326. The van der Waals surface area contributed by atoms with Crippen LogP contribution in [0.5, 0.6) is 0 Å². The Morgan fingerprint density at radius 2 is 2.07 bits per heavy atom. The van der Waals surface area contributed by atoms with Crippen molar-refractivity contribution >= 4 is 23.2 Å². The molecule has 15 heavy (non-hydrogen) atoms. The average molecular weight is 248 g/mol. The maximum Gasteiger partial charge on any atom is 0.0845 e. The number of hydrogen-bond acceptors (Lipinski definition) is 2. The van der Waals surface area contributed by atoms with Gasteiger partial charge in [0.2, 0.25) is 0 Å². The summed E-state index contributed by atoms with van der Waals surface area (Å²) in [6.45, 7) is 2.42. The van der Waals surface area contributed by atoms with Crippen molar-refractivity contribution in [2.45, 2.75) is 19.4 Å². The molecule has 0 saturated carbocycles. The van der Waals surface area contributed by atoms with Crippen LogP contribution in [0, 0.1) is 5.92 Å². The number of halogens is 2. The summed E-state index contributed by atoms with van der Waals surface area (Å²) >= 11 is 11.9. The molecule has 2 unspecified atom stereocenters. The second-order valence-electron chi connectivity index (χ2n) is 3.49. The van der Waals surface area contributed by atoms with Gasteiger partial charge in [-0.2, -0.15) is 0 Å². The SMILES string of the molecule is CCC(CN)C(O)c1cccc(Cl)c1Cl. The van der Waals surface area contributed by atoms with E-state index in [0.717, 1.165) is 6.42 Å². The third kappa shape index (κ3) is 2.85. The van der Waals surface area contributed by atoms with Gasteiger partial charge in [0.15, 0.2) is 0 Å². The lowest BCUT2D eigenvalue weighted by atomic mass is 9.93. The largest absolute Gasteiger partial charge is 0.388 e. The highest BCUT2D eigenvalue weighted by molar-refractivity contribution is 6.42. The van der Waals surface area contributed by atoms with Crippen LogP contribution in [-0.4, -0.2) is 11.7 Å². The van der Waals surface area contributed by atoms with Crippen LogP contribution < -0.4 is 5.73 Å². The molecule has 0 aliphatic heterocycles. The second kappa shape index (κ2) is 5.71. The summed E-state index contributed by atoms with van der Waals surface area (Å²) in [6, 6.07) is 5.25. The van der Waals surface area contributed by atoms with Gasteiger partial charge >= 0.3 is 0 Å². The molecule has 3 N–H and O–H groups in total. The summed E-state index contributed by atoms with van der Waals surface area (Å²) in [4.78, 5) is 0. The minimum Gasteiger partial charge on any atom is -0.388 e. The van der Waals surface area contributed by atoms with Crippen LogP contribution in [0.2, 0.25) is 10.0 Å². The summed E-state index contributed by atoms with van der Waals surface area (Å²) in [5, 5.41) is 10.9. The van der Waals surface area contributed by atoms with Gasteiger partial charge in [-0.3, -0.25) is 0 Å². The van der Waals surface area contributed by atoms with Crippen molar-refractivity contribution in [3.8, 4) is 0 Å². The summed E-state index contributed by atoms with van der Waals surface area (Å²) in [7, 11) is 0. The second-order valence-corrected chi connectivity index (χ2v) is 4.28. The molecule has 0 heterocycles. The van der Waals surface area contributed by atoms with Crippen LogP contribution in [0.15, 0.2) is 18.2 Å². The van der Waals surface area contributed by atoms with E-state index in [1.807, 2.05) is 6.92 Å². The Hall–Kier alpha value is -0.280. The molecule has 84 valence electrons. The molecule has 0 fully saturated rings. The molecule has 4 heteroatoms. The minimum atomic E-state index is -0.647. The molecule has 0 radical (unpaired) electrons. The molecular weight excluding hydrogens is 233 g/mol. The predicted molar refractivity (Wildman–Crippen MR) is 64.3 cm³/mol. The summed E-state index contributed by atoms with van der Waals surface area (Å²) in [5.74, 6) is 0.0148. The first-order valence-electron chi connectivity index (χ1n) is 4.93. The van der Waals surface area contributed by atoms with Gasteiger partial charge in [-0.25, -0.2) is 0 Å². The minimum absolute atomic E-state index is 0.0148. The van der Waals surface area contributed by atoms with Crippen LogP contribution in [0.1, 0.15) is 25.0 Å². The lowest BCUT2D eigenvalue weighted by molar-refractivity contribution is 0.110. The number of rotatable bonds is 4. The molecule has 2 atom stereocenters. The Morgan fingerprint density at radius 1 is 1.40 bits per heavy atom. The Morgan fingerprint density at radius 3 is 2.60 bits per heavy atom. The van der Waals surface area contributed by atoms with Crippen LogP contribution in [0.25, 0.3) is 0 Å². The first kappa shape index (κ1) is 12.8. The van der Waals surface area contributed by atoms with E-state index in [9.17, 15) is 5.11 Å². The maximum atomic E-state index is 10.1. The zero-order valence-corrected chi connectivity index (χ0v) is 10.1. The van der Waals surface area contributed by atoms with Gasteiger partial charge in [0.05, 0.1) is 16.1 Å². The molecule has 1 rings (SSSR count). The van der Waals surface area contributed by atoms with E-state index < -0.39 is 6.10 Å². The van der Waals surface area contributed by atoms with Crippen LogP contribution in [0.4, 0.5) is 0 Å². The van der Waals surface area contributed by atoms with E-state index in [1.54, 1.807) is 18.2 Å². The van der Waals surface area contributed by atoms with Gasteiger partial charge in [0.1, 0.15) is 0 Å². The Balaban J connectivity index is 2.99. The van der Waals surface area contributed by atoms with Gasteiger partial charge in [-0.15, -0.1) is 0 Å². The lowest BCUT2D eigenvalue weighted by Crippen LogP contribution is -2.21. The van der Waals surface area contributed by atoms with E-state index in [1.165, 1.54) is 0 Å². The van der Waals surface area contributed by atoms with Gasteiger partial charge in [0, 0.05) is 11.5 Å². The molecule has 2 nitrogen and oxygen atoms in total. The molecule has 1 aromatic rings. The van der Waals surface area contributed by atoms with Crippen molar-refractivity contribution in [2.24, 2.45) is 11.7 Å². The fourth-order valence-electron chi connectivity index (χ4n) is 1.52. The Labute approximate surface area is 100.0 Å². The maximum absolute atomic E-state index is 10.1. The molecule has 0 aromatic heterocycles. The number of benzene rings is 1. The third-order valence-electron chi connectivity index (χ3n) is 2.57. The van der Waals surface area contributed by atoms with Crippen molar-refractivity contribution < 1.29 is 5.11 Å². The highest BCUT2D eigenvalue weighted by atomic mass is 35.5. The average Bonchev–Trinajstić information content (AvgIpc) is 2.23. The van der Waals surface area contributed by atoms with Crippen molar-refractivity contribution in [1.82, 2.24) is 0 Å². The van der Waals surface area contributed by atoms with Crippen molar-refractivity contribution in [2.75, 3.05) is 6.54 Å². The zero-order valence-electron chi connectivity index (χ0n) is 8.58. The fraction of sp³-hybridized carbons (Fsp3) is 0.455. The molecule has 0 spiro atoms. The number of hydrogen-bond donors (Lipinski definition) is 2. The molecule has 0 saturated heterocycles. The highest BCUT2D eigenvalue weighted by Crippen LogP contribution is 2.33. The summed E-state index contributed by atoms with van der Waals surface area (Å²) < 4.78 is 0. The van der Waals surface area contributed by atoms with Gasteiger partial charge in [0.25, 0.3) is 0 Å². The first-order valence-corrected chi connectivity index (χ1v) is 5.69. The standard InChI is InChI=1S/C11H15Cl2NO/c1-2-7(6-14)11(15)8-4-3-5-9(12)10(8)13/h3-5,7,11,15H,2,6,14H2,1H3. The van der Waals surface area contributed by atoms with Crippen molar-refractivity contribution in [3.05, 3.63) is 33.8 Å². The van der Waals surface area contributed by atoms with Gasteiger partial charge < -0.3 is 10.8 Å². The predicted octanol–water partition coefficient (Wildman–Crippen LogP) is 3.01. The number of nitrogens with two attached hydrogens (primary N) is 1. The van der Waals surface area contributed by atoms with Crippen LogP contribution in [-0.2, 0) is 0 Å². The molecular formula is C11H15Cl2NO. The highest BCUT2D eigenvalue weighted by Gasteiger charge is 2.20. The summed E-state index contributed by atoms with van der Waals surface area (Å²) in [6.07, 6.45) is 0.159. The van der Waals surface area contributed by atoms with E-state index in [-0.39, 0.29) is 5.92 Å². The fourth-order valence-corrected chi connectivity index (χ4v) is 1.94. The Kier molecular flexibility index (Phi) is 4.87. The van der Waals surface area contributed by atoms with Crippen molar-refractivity contribution in [1.29, 1.82) is 0 Å². The molecule has 0 aliphatic carbocycles. The molecule has 1 aromatic carbocycles. The molecule has 0 amide bonds. The van der Waals surface area contributed by atoms with Crippen LogP contribution >= 0.6 is 23.2 Å². The van der Waals surface area contributed by atoms with Gasteiger partial charge in [-0.05, 0) is 19.0 Å². The number of aliphatic hydroxyl groups excluding tert-OH is 1. The van der Waals surface area contributed by atoms with Crippen molar-refractivity contribution in [3.63, 3.8) is 0 Å². The van der Waals surface area contributed by atoms with E-state index in [2.05, 4.69) is 0 Å². The van der Waals surface area contributed by atoms with E-state index in [4.69, 9.17) is 28.9 Å². The van der Waals surface area contributed by atoms with Gasteiger partial charge in [-0.1, -0.05) is 42.3 Å². The zero-order chi connectivity index (χ0) is 11.4. The summed E-state index contributed by atoms with van der Waals surface area (Å²) in [5.41, 5.74) is 6.23. The smallest absolute Gasteiger partial charge is 0.0845 e. The normalized spacial score (nSPS) is 15.0. The quantitative estimate of drug-likeness (QED) is 0.860. The van der Waals surface area contributed by atoms with Crippen LogP contribution in [0.3, 0.4) is 0 Å². The third-order valence-corrected chi connectivity index (χ3v) is 3.41. The topological polar surface area (TPSA) is 46.2 Å². The van der Waals surface area contributed by atoms with E-state index >= 15 is 0 Å². The molecule has 0 bridgehead atoms. The monoisotopic (exact) mass is 247 g/mol. The number of aliphatic hydroxyl groups is 1.